The van der Waals surface area contributed by atoms with Gasteiger partial charge in [-0.15, -0.1) is 11.3 Å². The Labute approximate surface area is 184 Å². The lowest BCUT2D eigenvalue weighted by Crippen LogP contribution is -2.29. The van der Waals surface area contributed by atoms with Gasteiger partial charge in [-0.25, -0.2) is 4.99 Å². The average molecular weight is 470 g/mol. The Balaban J connectivity index is 1.81. The summed E-state index contributed by atoms with van der Waals surface area (Å²) in [4.78, 5) is 20.8. The van der Waals surface area contributed by atoms with Gasteiger partial charge in [-0.3, -0.25) is 4.79 Å². The van der Waals surface area contributed by atoms with Crippen LogP contribution in [0.5, 0.6) is 0 Å². The van der Waals surface area contributed by atoms with E-state index in [0.29, 0.717) is 28.7 Å². The van der Waals surface area contributed by atoms with E-state index < -0.39 is 0 Å². The minimum atomic E-state index is -0.0940. The molecule has 0 saturated heterocycles. The van der Waals surface area contributed by atoms with Crippen molar-refractivity contribution in [3.63, 3.8) is 0 Å². The second kappa shape index (κ2) is 7.37. The zero-order valence-corrected chi connectivity index (χ0v) is 19.6. The molecule has 1 aromatic heterocycles. The molecule has 0 fully saturated rings. The number of hydrogen-bond donors (Lipinski definition) is 0. The second-order valence-corrected chi connectivity index (χ2v) is 10.8. The van der Waals surface area contributed by atoms with Gasteiger partial charge in [0.2, 0.25) is 0 Å². The molecule has 6 heteroatoms. The highest BCUT2D eigenvalue weighted by Crippen LogP contribution is 2.45. The van der Waals surface area contributed by atoms with Gasteiger partial charge in [-0.2, -0.15) is 5.26 Å². The van der Waals surface area contributed by atoms with E-state index in [1.165, 1.54) is 4.88 Å². The fraction of sp³-hybridized carbons (Fsp3) is 0.435. The summed E-state index contributed by atoms with van der Waals surface area (Å²) in [5.74, 6) is 0.504. The molecule has 0 N–H and O–H groups in total. The number of nitriles is 1. The van der Waals surface area contributed by atoms with E-state index >= 15 is 0 Å². The molecular formula is C23H24BrN3OS. The van der Waals surface area contributed by atoms with Gasteiger partial charge in [-0.1, -0.05) is 36.7 Å². The molecule has 2 heterocycles. The molecule has 29 heavy (non-hydrogen) atoms. The molecule has 4 rings (SSSR count). The summed E-state index contributed by atoms with van der Waals surface area (Å²) in [5.41, 5.74) is 4.19. The number of rotatable bonds is 2. The van der Waals surface area contributed by atoms with Crippen LogP contribution in [0.2, 0.25) is 0 Å². The van der Waals surface area contributed by atoms with Crippen molar-refractivity contribution in [1.29, 1.82) is 5.26 Å². The van der Waals surface area contributed by atoms with Crippen molar-refractivity contribution in [2.45, 2.75) is 47.0 Å². The molecule has 1 aliphatic carbocycles. The van der Waals surface area contributed by atoms with Gasteiger partial charge in [-0.05, 0) is 61.3 Å². The van der Waals surface area contributed by atoms with Crippen LogP contribution < -0.4 is 4.90 Å². The number of nitrogens with zero attached hydrogens (tertiary/aromatic N) is 3. The number of likely N-dealkylation sites (N-methyl/N-ethyl adjacent to an activating group) is 1. The Hall–Kier alpha value is -1.97. The predicted molar refractivity (Wildman–Crippen MR) is 122 cm³/mol. The Morgan fingerprint density at radius 2 is 2.14 bits per heavy atom. The van der Waals surface area contributed by atoms with Gasteiger partial charge in [0.1, 0.15) is 16.8 Å². The Bertz CT molecular complexity index is 1070. The van der Waals surface area contributed by atoms with Crippen LogP contribution in [0.15, 0.2) is 27.7 Å². The van der Waals surface area contributed by atoms with Crippen molar-refractivity contribution in [2.24, 2.45) is 16.3 Å². The lowest BCUT2D eigenvalue weighted by Gasteiger charge is -2.33. The van der Waals surface area contributed by atoms with Crippen molar-refractivity contribution in [3.05, 3.63) is 44.2 Å². The van der Waals surface area contributed by atoms with Gasteiger partial charge in [0.05, 0.1) is 11.3 Å². The standard InChI is InChI=1S/C23H24BrN3OS/c1-5-27-18-9-7-14(24)11-16(18)20(22(27)28)26-21-17(12-25)15-8-6-13(23(2,3)4)10-19(15)29-21/h7,9,11,13H,5-6,8,10H2,1-4H3. The summed E-state index contributed by atoms with van der Waals surface area (Å²) in [6, 6.07) is 8.20. The molecule has 0 saturated carbocycles. The van der Waals surface area contributed by atoms with Crippen LogP contribution in [0.4, 0.5) is 10.7 Å². The third-order valence-electron chi connectivity index (χ3n) is 6.07. The highest BCUT2D eigenvalue weighted by molar-refractivity contribution is 9.10. The highest BCUT2D eigenvalue weighted by Gasteiger charge is 2.35. The topological polar surface area (TPSA) is 56.5 Å². The second-order valence-electron chi connectivity index (χ2n) is 8.77. The van der Waals surface area contributed by atoms with E-state index in [-0.39, 0.29) is 11.3 Å². The van der Waals surface area contributed by atoms with E-state index in [1.807, 2.05) is 25.1 Å². The number of benzene rings is 1. The van der Waals surface area contributed by atoms with E-state index in [9.17, 15) is 10.1 Å². The SMILES string of the molecule is CCN1C(=O)C(=Nc2sc3c(c2C#N)CCC(C(C)(C)C)C3)c2cc(Br)ccc21. The number of thiophene rings is 1. The number of hydrogen-bond acceptors (Lipinski definition) is 4. The number of carbonyl (C=O) groups is 1. The highest BCUT2D eigenvalue weighted by atomic mass is 79.9. The molecule has 2 aliphatic rings. The molecule has 0 spiro atoms. The minimum Gasteiger partial charge on any atom is -0.307 e. The Kier molecular flexibility index (Phi) is 5.16. The van der Waals surface area contributed by atoms with Crippen molar-refractivity contribution < 1.29 is 4.79 Å². The molecule has 1 atom stereocenters. The zero-order valence-electron chi connectivity index (χ0n) is 17.2. The van der Waals surface area contributed by atoms with Crippen LogP contribution in [0, 0.1) is 22.7 Å². The molecule has 2 aromatic rings. The number of aliphatic imine (C=N–C) groups is 1. The van der Waals surface area contributed by atoms with E-state index in [0.717, 1.165) is 40.5 Å². The predicted octanol–water partition coefficient (Wildman–Crippen LogP) is 6.02. The minimum absolute atomic E-state index is 0.0940. The van der Waals surface area contributed by atoms with Crippen molar-refractivity contribution in [3.8, 4) is 6.07 Å². The molecule has 4 nitrogen and oxygen atoms in total. The molecule has 0 bridgehead atoms. The molecule has 1 unspecified atom stereocenters. The third kappa shape index (κ3) is 3.45. The van der Waals surface area contributed by atoms with Crippen LogP contribution in [-0.4, -0.2) is 18.2 Å². The zero-order chi connectivity index (χ0) is 20.9. The maximum atomic E-state index is 13.0. The summed E-state index contributed by atoms with van der Waals surface area (Å²) in [6.45, 7) is 9.41. The average Bonchev–Trinajstić information content (AvgIpc) is 3.15. The molecule has 0 radical (unpaired) electrons. The maximum absolute atomic E-state index is 13.0. The first-order valence-electron chi connectivity index (χ1n) is 9.99. The normalized spacial score (nSPS) is 20.0. The van der Waals surface area contributed by atoms with Crippen LogP contribution in [0.3, 0.4) is 0 Å². The number of amides is 1. The van der Waals surface area contributed by atoms with Gasteiger partial charge in [0, 0.05) is 21.5 Å². The van der Waals surface area contributed by atoms with Crippen LogP contribution in [0.1, 0.15) is 55.7 Å². The van der Waals surface area contributed by atoms with Gasteiger partial charge in [0.15, 0.2) is 0 Å². The van der Waals surface area contributed by atoms with Gasteiger partial charge < -0.3 is 4.90 Å². The number of carbonyl (C=O) groups excluding carboxylic acids is 1. The summed E-state index contributed by atoms with van der Waals surface area (Å²) in [6.07, 6.45) is 3.00. The summed E-state index contributed by atoms with van der Waals surface area (Å²) in [5, 5.41) is 10.5. The van der Waals surface area contributed by atoms with Crippen LogP contribution in [-0.2, 0) is 17.6 Å². The maximum Gasteiger partial charge on any atom is 0.277 e. The lowest BCUT2D eigenvalue weighted by atomic mass is 9.72. The Morgan fingerprint density at radius 3 is 2.79 bits per heavy atom. The first-order valence-corrected chi connectivity index (χ1v) is 11.6. The van der Waals surface area contributed by atoms with Crippen molar-refractivity contribution >= 4 is 49.6 Å². The van der Waals surface area contributed by atoms with Crippen LogP contribution >= 0.6 is 27.3 Å². The lowest BCUT2D eigenvalue weighted by molar-refractivity contribution is -0.112. The number of halogens is 1. The number of fused-ring (bicyclic) bond motifs is 2. The van der Waals surface area contributed by atoms with Crippen LogP contribution in [0.25, 0.3) is 0 Å². The molecule has 1 amide bonds. The first-order chi connectivity index (χ1) is 13.7. The molecule has 1 aliphatic heterocycles. The number of anilines is 1. The summed E-state index contributed by atoms with van der Waals surface area (Å²) >= 11 is 5.10. The quantitative estimate of drug-likeness (QED) is 0.539. The van der Waals surface area contributed by atoms with Crippen molar-refractivity contribution in [2.75, 3.05) is 11.4 Å². The van der Waals surface area contributed by atoms with Gasteiger partial charge >= 0.3 is 0 Å². The van der Waals surface area contributed by atoms with E-state index in [4.69, 9.17) is 4.99 Å². The van der Waals surface area contributed by atoms with Gasteiger partial charge in [0.25, 0.3) is 5.91 Å². The largest absolute Gasteiger partial charge is 0.307 e. The van der Waals surface area contributed by atoms with E-state index in [1.54, 1.807) is 16.2 Å². The fourth-order valence-corrected chi connectivity index (χ4v) is 5.93. The molecule has 150 valence electrons. The summed E-state index contributed by atoms with van der Waals surface area (Å²) in [7, 11) is 0. The molecular weight excluding hydrogens is 446 g/mol. The smallest absolute Gasteiger partial charge is 0.277 e. The Morgan fingerprint density at radius 1 is 1.38 bits per heavy atom. The van der Waals surface area contributed by atoms with Crippen molar-refractivity contribution in [1.82, 2.24) is 0 Å². The first kappa shape index (κ1) is 20.3. The monoisotopic (exact) mass is 469 g/mol. The fourth-order valence-electron chi connectivity index (χ4n) is 4.31. The molecule has 1 aromatic carbocycles. The van der Waals surface area contributed by atoms with E-state index in [2.05, 4.69) is 42.8 Å². The third-order valence-corrected chi connectivity index (χ3v) is 7.71. The summed E-state index contributed by atoms with van der Waals surface area (Å²) < 4.78 is 0.911.